The van der Waals surface area contributed by atoms with Gasteiger partial charge in [-0.25, -0.2) is 0 Å². The van der Waals surface area contributed by atoms with E-state index in [1.807, 2.05) is 48.2 Å². The minimum atomic E-state index is -0.560. The van der Waals surface area contributed by atoms with Crippen LogP contribution in [0.15, 0.2) is 54.1 Å². The molecular weight excluding hydrogens is 350 g/mol. The molecule has 1 aliphatic heterocycles. The van der Waals surface area contributed by atoms with Crippen molar-refractivity contribution in [3.05, 3.63) is 76.4 Å². The quantitative estimate of drug-likeness (QED) is 0.583. The molecule has 28 heavy (non-hydrogen) atoms. The van der Waals surface area contributed by atoms with E-state index >= 15 is 0 Å². The Kier molecular flexibility index (Phi) is 6.32. The smallest absolute Gasteiger partial charge is 0.178 e. The van der Waals surface area contributed by atoms with Crippen molar-refractivity contribution in [3.8, 4) is 0 Å². The molecule has 2 unspecified atom stereocenters. The molecule has 2 atom stereocenters. The molecule has 3 rings (SSSR count). The van der Waals surface area contributed by atoms with E-state index in [1.54, 1.807) is 6.92 Å². The van der Waals surface area contributed by atoms with Crippen LogP contribution in [0, 0.1) is 6.92 Å². The number of ketones is 1. The van der Waals surface area contributed by atoms with Gasteiger partial charge in [0.05, 0.1) is 24.3 Å². The van der Waals surface area contributed by atoms with Crippen molar-refractivity contribution in [2.45, 2.75) is 45.8 Å². The Morgan fingerprint density at radius 1 is 1.14 bits per heavy atom. The minimum absolute atomic E-state index is 0.0285. The van der Waals surface area contributed by atoms with Crippen LogP contribution in [0.1, 0.15) is 48.6 Å². The maximum absolute atomic E-state index is 12.9. The second-order valence-electron chi connectivity index (χ2n) is 7.72. The van der Waals surface area contributed by atoms with Gasteiger partial charge in [-0.2, -0.15) is 0 Å². The van der Waals surface area contributed by atoms with Crippen molar-refractivity contribution < 1.29 is 15.0 Å². The summed E-state index contributed by atoms with van der Waals surface area (Å²) in [4.78, 5) is 14.8. The van der Waals surface area contributed by atoms with Crippen molar-refractivity contribution in [2.75, 3.05) is 13.1 Å². The van der Waals surface area contributed by atoms with Crippen molar-refractivity contribution in [2.24, 2.45) is 0 Å². The predicted molar refractivity (Wildman–Crippen MR) is 112 cm³/mol. The lowest BCUT2D eigenvalue weighted by Gasteiger charge is -2.26. The van der Waals surface area contributed by atoms with Crippen LogP contribution in [-0.4, -0.2) is 40.1 Å². The molecule has 0 spiro atoms. The number of β-amino-alcohol motifs (C(OH)–C–C–N with tert-alkyl or cyclic N) is 1. The zero-order valence-corrected chi connectivity index (χ0v) is 16.9. The van der Waals surface area contributed by atoms with Gasteiger partial charge >= 0.3 is 0 Å². The summed E-state index contributed by atoms with van der Waals surface area (Å²) in [6, 6.07) is 15.4. The largest absolute Gasteiger partial charge is 0.507 e. The van der Waals surface area contributed by atoms with E-state index in [4.69, 9.17) is 0 Å². The molecule has 1 fully saturated rings. The van der Waals surface area contributed by atoms with Gasteiger partial charge in [0.2, 0.25) is 0 Å². The molecule has 4 heteroatoms. The molecule has 1 heterocycles. The molecule has 0 aliphatic carbocycles. The number of carbonyl (C=O) groups excluding carboxylic acids is 1. The van der Waals surface area contributed by atoms with Gasteiger partial charge in [0, 0.05) is 12.1 Å². The SMILES string of the molecule is CCCc1ccc(C2C(=C(O)c3ccc(C)cc3)C(=O)CN2CC(C)O)cc1. The van der Waals surface area contributed by atoms with Gasteiger partial charge in [-0.1, -0.05) is 67.4 Å². The fourth-order valence-corrected chi connectivity index (χ4v) is 3.87. The highest BCUT2D eigenvalue weighted by Gasteiger charge is 2.39. The average Bonchev–Trinajstić information content (AvgIpc) is 2.97. The zero-order valence-electron chi connectivity index (χ0n) is 16.9. The predicted octanol–water partition coefficient (Wildman–Crippen LogP) is 4.22. The first-order chi connectivity index (χ1) is 13.4. The average molecular weight is 380 g/mol. The molecule has 148 valence electrons. The number of benzene rings is 2. The summed E-state index contributed by atoms with van der Waals surface area (Å²) in [5.41, 5.74) is 4.36. The van der Waals surface area contributed by atoms with Gasteiger partial charge in [0.1, 0.15) is 5.76 Å². The Morgan fingerprint density at radius 2 is 1.79 bits per heavy atom. The Hall–Kier alpha value is -2.43. The molecule has 4 nitrogen and oxygen atoms in total. The minimum Gasteiger partial charge on any atom is -0.507 e. The van der Waals surface area contributed by atoms with Crippen molar-refractivity contribution >= 4 is 11.5 Å². The number of nitrogens with zero attached hydrogens (tertiary/aromatic N) is 1. The highest BCUT2D eigenvalue weighted by molar-refractivity contribution is 6.06. The van der Waals surface area contributed by atoms with Crippen LogP contribution in [0.2, 0.25) is 0 Å². The molecule has 2 aromatic rings. The summed E-state index contributed by atoms with van der Waals surface area (Å²) in [6.07, 6.45) is 1.53. The number of aryl methyl sites for hydroxylation is 2. The maximum Gasteiger partial charge on any atom is 0.178 e. The summed E-state index contributed by atoms with van der Waals surface area (Å²) in [5.74, 6) is -0.0675. The fraction of sp³-hybridized carbons (Fsp3) is 0.375. The molecule has 2 N–H and O–H groups in total. The number of hydrogen-bond acceptors (Lipinski definition) is 4. The van der Waals surface area contributed by atoms with E-state index in [-0.39, 0.29) is 24.1 Å². The molecule has 1 aliphatic rings. The number of aliphatic hydroxyl groups is 2. The summed E-state index contributed by atoms with van der Waals surface area (Å²) in [6.45, 7) is 6.41. The molecular formula is C24H29NO3. The molecule has 0 amide bonds. The van der Waals surface area contributed by atoms with Crippen LogP contribution < -0.4 is 0 Å². The number of rotatable bonds is 6. The summed E-state index contributed by atoms with van der Waals surface area (Å²) in [5, 5.41) is 20.9. The van der Waals surface area contributed by atoms with E-state index in [2.05, 4.69) is 19.1 Å². The number of likely N-dealkylation sites (tertiary alicyclic amines) is 1. The van der Waals surface area contributed by atoms with Gasteiger partial charge in [-0.15, -0.1) is 0 Å². The van der Waals surface area contributed by atoms with Gasteiger partial charge in [0.15, 0.2) is 5.78 Å². The van der Waals surface area contributed by atoms with Crippen LogP contribution in [0.25, 0.3) is 5.76 Å². The lowest BCUT2D eigenvalue weighted by Crippen LogP contribution is -2.31. The molecule has 1 saturated heterocycles. The van der Waals surface area contributed by atoms with E-state index in [0.717, 1.165) is 24.0 Å². The lowest BCUT2D eigenvalue weighted by atomic mass is 9.94. The van der Waals surface area contributed by atoms with Crippen LogP contribution in [0.4, 0.5) is 0 Å². The molecule has 0 bridgehead atoms. The van der Waals surface area contributed by atoms with Gasteiger partial charge < -0.3 is 10.2 Å². The van der Waals surface area contributed by atoms with Gasteiger partial charge in [-0.3, -0.25) is 9.69 Å². The zero-order chi connectivity index (χ0) is 20.3. The molecule has 0 aromatic heterocycles. The van der Waals surface area contributed by atoms with Crippen LogP contribution in [-0.2, 0) is 11.2 Å². The monoisotopic (exact) mass is 379 g/mol. The molecule has 2 aromatic carbocycles. The maximum atomic E-state index is 12.9. The third-order valence-electron chi connectivity index (χ3n) is 5.20. The molecule has 0 radical (unpaired) electrons. The number of hydrogen-bond donors (Lipinski definition) is 2. The standard InChI is InChI=1S/C24H29NO3/c1-4-5-18-8-12-19(13-9-18)23-22(21(27)15-25(23)14-17(3)26)24(28)20-10-6-16(2)7-11-20/h6-13,17,23,26,28H,4-5,14-15H2,1-3H3. The van der Waals surface area contributed by atoms with Crippen LogP contribution in [0.5, 0.6) is 0 Å². The third kappa shape index (κ3) is 4.34. The fourth-order valence-electron chi connectivity index (χ4n) is 3.87. The summed E-state index contributed by atoms with van der Waals surface area (Å²) in [7, 11) is 0. The number of Topliss-reactive ketones (excluding diaryl/α,β-unsaturated/α-hetero) is 1. The van der Waals surface area contributed by atoms with E-state index in [0.29, 0.717) is 17.7 Å². The van der Waals surface area contributed by atoms with Gasteiger partial charge in [-0.05, 0) is 31.4 Å². The summed E-state index contributed by atoms with van der Waals surface area (Å²) >= 11 is 0. The first kappa shape index (κ1) is 20.3. The normalized spacial score (nSPS) is 20.4. The Bertz CT molecular complexity index is 850. The van der Waals surface area contributed by atoms with Crippen LogP contribution >= 0.6 is 0 Å². The van der Waals surface area contributed by atoms with Crippen molar-refractivity contribution in [1.29, 1.82) is 0 Å². The Balaban J connectivity index is 2.06. The highest BCUT2D eigenvalue weighted by atomic mass is 16.3. The second kappa shape index (κ2) is 8.72. The van der Waals surface area contributed by atoms with Crippen LogP contribution in [0.3, 0.4) is 0 Å². The van der Waals surface area contributed by atoms with E-state index in [1.165, 1.54) is 5.56 Å². The topological polar surface area (TPSA) is 60.8 Å². The van der Waals surface area contributed by atoms with Gasteiger partial charge in [0.25, 0.3) is 0 Å². The third-order valence-corrected chi connectivity index (χ3v) is 5.20. The first-order valence-electron chi connectivity index (χ1n) is 9.95. The first-order valence-corrected chi connectivity index (χ1v) is 9.95. The van der Waals surface area contributed by atoms with Crippen molar-refractivity contribution in [3.63, 3.8) is 0 Å². The highest BCUT2D eigenvalue weighted by Crippen LogP contribution is 2.38. The Labute approximate surface area is 167 Å². The van der Waals surface area contributed by atoms with E-state index in [9.17, 15) is 15.0 Å². The van der Waals surface area contributed by atoms with Crippen molar-refractivity contribution in [1.82, 2.24) is 4.90 Å². The lowest BCUT2D eigenvalue weighted by molar-refractivity contribution is -0.114. The molecule has 0 saturated carbocycles. The summed E-state index contributed by atoms with van der Waals surface area (Å²) < 4.78 is 0. The second-order valence-corrected chi connectivity index (χ2v) is 7.72. The number of carbonyl (C=O) groups is 1. The van der Waals surface area contributed by atoms with E-state index < -0.39 is 6.10 Å². The Morgan fingerprint density at radius 3 is 2.36 bits per heavy atom. The number of aliphatic hydroxyl groups excluding tert-OH is 2.